The van der Waals surface area contributed by atoms with Gasteiger partial charge in [0.25, 0.3) is 0 Å². The minimum absolute atomic E-state index is 0. The first-order chi connectivity index (χ1) is 25.5. The molecule has 6 aromatic rings. The van der Waals surface area contributed by atoms with Gasteiger partial charge in [-0.15, -0.1) is 0 Å². The van der Waals surface area contributed by atoms with Crippen LogP contribution in [0.15, 0.2) is 182 Å². The summed E-state index contributed by atoms with van der Waals surface area (Å²) in [5.41, 5.74) is 1.36. The lowest BCUT2D eigenvalue weighted by molar-refractivity contribution is 0.840. The molecule has 0 spiro atoms. The van der Waals surface area contributed by atoms with Crippen LogP contribution in [0, 0.1) is 0 Å². The molecule has 4 radical (unpaired) electrons. The fourth-order valence-corrected chi connectivity index (χ4v) is 22.5. The summed E-state index contributed by atoms with van der Waals surface area (Å²) in [7, 11) is 10.5. The maximum Gasteiger partial charge on any atom is 0.377 e. The average molecular weight is 883 g/mol. The first-order valence-corrected chi connectivity index (χ1v) is 26.0. The summed E-state index contributed by atoms with van der Waals surface area (Å²) in [5, 5.41) is 8.58. The summed E-state index contributed by atoms with van der Waals surface area (Å²) in [4.78, 5) is 0. The van der Waals surface area contributed by atoms with E-state index in [0.29, 0.717) is 5.66 Å². The zero-order chi connectivity index (χ0) is 35.6. The molecule has 2 aliphatic rings. The smallest absolute Gasteiger partial charge is 0.197 e. The summed E-state index contributed by atoms with van der Waals surface area (Å²) in [6, 6.07) is 65.8. The maximum absolute atomic E-state index is 7.29. The Morgan fingerprint density at radius 2 is 0.982 bits per heavy atom. The third-order valence-electron chi connectivity index (χ3n) is 10.9. The highest BCUT2D eigenvalue weighted by atomic mass is 32.1. The van der Waals surface area contributed by atoms with Crippen molar-refractivity contribution in [2.75, 3.05) is 24.6 Å². The lowest BCUT2D eigenvalue weighted by Crippen LogP contribution is -2.32. The van der Waals surface area contributed by atoms with Crippen LogP contribution in [-0.4, -0.2) is 51.1 Å². The minimum Gasteiger partial charge on any atom is -0.197 e. The van der Waals surface area contributed by atoms with E-state index >= 15 is 0 Å². The molecule has 2 aliphatic heterocycles. The molecule has 288 valence electrons. The van der Waals surface area contributed by atoms with Crippen LogP contribution < -0.4 is 31.8 Å². The van der Waals surface area contributed by atoms with Crippen LogP contribution in [-0.2, 0) is 0 Å². The second-order valence-electron chi connectivity index (χ2n) is 14.1. The highest BCUT2D eigenvalue weighted by molar-refractivity contribution is 8.10. The normalized spacial score (nSPS) is 19.8. The standard InChI is InChI=1S/C23H24B2P2.C23H24P2.4H2S/c24-26(20-11-4-1-5-12-20)18-10-17-23(26)19-27(25,21-13-6-2-7-14-21)22-15-8-3-9-16-22;1-4-11-20(12-5-1)24-18-10-17-23(24)19-25(21-13-6-2-7-14-21)22-15-8-3-9-16-22;;;;/h1-9,11-16,23H,10,17-19H2;1-9,11-16,23H,10,17-19H2;4*1H2/q+2;;;;;/t23-,26?;23-,24-;;;;/m00..../s1. The molecule has 4 atom stereocenters. The van der Waals surface area contributed by atoms with Crippen LogP contribution in [0.4, 0.5) is 0 Å². The van der Waals surface area contributed by atoms with Crippen LogP contribution in [0.25, 0.3) is 0 Å². The Labute approximate surface area is 372 Å². The number of hydrogen-bond acceptors (Lipinski definition) is 0. The van der Waals surface area contributed by atoms with Crippen molar-refractivity contribution in [3.05, 3.63) is 182 Å². The fourth-order valence-electron chi connectivity index (χ4n) is 8.14. The van der Waals surface area contributed by atoms with Crippen molar-refractivity contribution < 1.29 is 0 Å². The molecule has 0 aromatic heterocycles. The van der Waals surface area contributed by atoms with E-state index < -0.39 is 14.3 Å². The van der Waals surface area contributed by atoms with Crippen LogP contribution in [0.1, 0.15) is 25.7 Å². The van der Waals surface area contributed by atoms with Gasteiger partial charge in [-0.2, -0.15) is 54.0 Å². The van der Waals surface area contributed by atoms with Gasteiger partial charge in [0.05, 0.1) is 27.7 Å². The highest BCUT2D eigenvalue weighted by Crippen LogP contribution is 2.68. The van der Waals surface area contributed by atoms with Crippen LogP contribution in [0.5, 0.6) is 0 Å². The minimum atomic E-state index is -1.98. The van der Waals surface area contributed by atoms with Crippen LogP contribution in [0.3, 0.4) is 0 Å². The van der Waals surface area contributed by atoms with Gasteiger partial charge in [0.1, 0.15) is 0 Å². The maximum atomic E-state index is 7.29. The van der Waals surface area contributed by atoms with E-state index in [9.17, 15) is 0 Å². The van der Waals surface area contributed by atoms with E-state index in [4.69, 9.17) is 15.1 Å². The Hall–Kier alpha value is -1.43. The summed E-state index contributed by atoms with van der Waals surface area (Å²) in [5.74, 6) is 0. The van der Waals surface area contributed by atoms with Gasteiger partial charge in [0.15, 0.2) is 0 Å². The Morgan fingerprint density at radius 1 is 0.554 bits per heavy atom. The predicted molar refractivity (Wildman–Crippen MR) is 283 cm³/mol. The molecule has 0 nitrogen and oxygen atoms in total. The SMILES string of the molecule is S.S.S.S.[B][P+](C[C@@H]1CCC[P+]1([B])c1ccccc1)(c1ccccc1)c1ccccc1.c1ccc(P(C[C@@H]2CCC[P@@]2c2ccccc2)c2ccccc2)cc1. The molecule has 0 N–H and O–H groups in total. The van der Waals surface area contributed by atoms with E-state index in [1.165, 1.54) is 64.5 Å². The molecule has 10 heteroatoms. The van der Waals surface area contributed by atoms with Gasteiger partial charge in [-0.1, -0.05) is 154 Å². The zero-order valence-electron chi connectivity index (χ0n) is 32.1. The van der Waals surface area contributed by atoms with Crippen molar-refractivity contribution in [3.63, 3.8) is 0 Å². The molecular weight excluding hydrogens is 826 g/mol. The molecule has 0 bridgehead atoms. The van der Waals surface area contributed by atoms with Gasteiger partial charge in [-0.05, 0) is 111 Å². The van der Waals surface area contributed by atoms with Crippen LogP contribution in [0.2, 0.25) is 0 Å². The molecule has 8 rings (SSSR count). The van der Waals surface area contributed by atoms with E-state index in [1.54, 1.807) is 5.30 Å². The molecule has 2 saturated heterocycles. The number of hydrogen-bond donors (Lipinski definition) is 0. The molecule has 0 saturated carbocycles. The first-order valence-electron chi connectivity index (χ1n) is 18.7. The van der Waals surface area contributed by atoms with Crippen molar-refractivity contribution in [1.29, 1.82) is 0 Å². The Kier molecular flexibility index (Phi) is 21.0. The van der Waals surface area contributed by atoms with Crippen molar-refractivity contribution in [3.8, 4) is 0 Å². The predicted octanol–water partition coefficient (Wildman–Crippen LogP) is 9.87. The van der Waals surface area contributed by atoms with Gasteiger partial charge in [-0.25, -0.2) is 0 Å². The molecular formula is C46H56B2P4S4+2. The molecule has 56 heavy (non-hydrogen) atoms. The lowest BCUT2D eigenvalue weighted by Gasteiger charge is -2.31. The molecule has 2 fully saturated rings. The summed E-state index contributed by atoms with van der Waals surface area (Å²) >= 11 is 0. The van der Waals surface area contributed by atoms with Crippen LogP contribution >= 0.6 is 84.1 Å². The molecule has 1 unspecified atom stereocenters. The summed E-state index contributed by atoms with van der Waals surface area (Å²) in [6.45, 7) is 0. The third-order valence-corrected chi connectivity index (χ3v) is 24.7. The molecule has 0 amide bonds. The zero-order valence-corrected chi connectivity index (χ0v) is 39.7. The highest BCUT2D eigenvalue weighted by Gasteiger charge is 2.53. The number of benzene rings is 6. The fraction of sp³-hybridized carbons (Fsp3) is 0.217. The Balaban J connectivity index is 0.000000281. The van der Waals surface area contributed by atoms with Gasteiger partial charge in [-0.3, -0.25) is 0 Å². The van der Waals surface area contributed by atoms with E-state index in [0.717, 1.165) is 18.0 Å². The van der Waals surface area contributed by atoms with Gasteiger partial charge >= 0.3 is 15.1 Å². The van der Waals surface area contributed by atoms with Gasteiger partial charge < -0.3 is 0 Å². The average Bonchev–Trinajstić information content (AvgIpc) is 3.85. The lowest BCUT2D eigenvalue weighted by atomic mass is 10.3. The van der Waals surface area contributed by atoms with E-state index in [2.05, 4.69) is 182 Å². The largest absolute Gasteiger partial charge is 0.377 e. The molecule has 2 heterocycles. The van der Waals surface area contributed by atoms with Crippen molar-refractivity contribution in [1.82, 2.24) is 0 Å². The quantitative estimate of drug-likeness (QED) is 0.0951. The first kappa shape index (κ1) is 48.9. The molecule has 6 aromatic carbocycles. The Morgan fingerprint density at radius 3 is 1.46 bits per heavy atom. The van der Waals surface area contributed by atoms with E-state index in [-0.39, 0.29) is 69.8 Å². The van der Waals surface area contributed by atoms with Gasteiger partial charge in [0, 0.05) is 13.3 Å². The third kappa shape index (κ3) is 11.9. The topological polar surface area (TPSA) is 0 Å². The second-order valence-corrected chi connectivity index (χ2v) is 25.7. The van der Waals surface area contributed by atoms with Crippen molar-refractivity contribution in [2.45, 2.75) is 37.0 Å². The Bertz CT molecular complexity index is 1870. The van der Waals surface area contributed by atoms with E-state index in [1.807, 2.05) is 0 Å². The van der Waals surface area contributed by atoms with Crippen molar-refractivity contribution >= 4 is 131 Å². The summed E-state index contributed by atoms with van der Waals surface area (Å²) < 4.78 is 0. The second kappa shape index (κ2) is 24.0. The molecule has 0 aliphatic carbocycles. The van der Waals surface area contributed by atoms with Gasteiger partial charge in [0.2, 0.25) is 0 Å². The number of rotatable bonds is 10. The summed E-state index contributed by atoms with van der Waals surface area (Å²) in [6.07, 6.45) is 10.1. The van der Waals surface area contributed by atoms with Crippen molar-refractivity contribution in [2.24, 2.45) is 0 Å². The monoisotopic (exact) mass is 882 g/mol.